The molecule has 0 amide bonds. The first-order valence-electron chi connectivity index (χ1n) is 7.76. The maximum Gasteiger partial charge on any atom is 0.0738 e. The normalized spacial score (nSPS) is 27.2. The zero-order chi connectivity index (χ0) is 14.9. The van der Waals surface area contributed by atoms with Gasteiger partial charge >= 0.3 is 0 Å². The van der Waals surface area contributed by atoms with Crippen LogP contribution in [0.1, 0.15) is 50.9 Å². The zero-order valence-electron chi connectivity index (χ0n) is 13.2. The lowest BCUT2D eigenvalue weighted by Crippen LogP contribution is -2.38. The molecule has 3 nitrogen and oxygen atoms in total. The highest BCUT2D eigenvalue weighted by atomic mass is 79.9. The minimum absolute atomic E-state index is 0.272. The van der Waals surface area contributed by atoms with Crippen molar-refractivity contribution in [2.24, 2.45) is 30.0 Å². The molecule has 1 aromatic rings. The van der Waals surface area contributed by atoms with Gasteiger partial charge in [-0.2, -0.15) is 5.10 Å². The second kappa shape index (κ2) is 6.18. The molecule has 1 heterocycles. The fraction of sp³-hybridized carbons (Fsp3) is 0.812. The molecule has 4 heteroatoms. The first kappa shape index (κ1) is 16.0. The largest absolute Gasteiger partial charge is 0.330 e. The van der Waals surface area contributed by atoms with Crippen LogP contribution in [0, 0.1) is 24.2 Å². The molecule has 20 heavy (non-hydrogen) atoms. The second-order valence-electron chi connectivity index (χ2n) is 6.93. The van der Waals surface area contributed by atoms with Crippen LogP contribution < -0.4 is 5.73 Å². The Morgan fingerprint density at radius 1 is 1.40 bits per heavy atom. The van der Waals surface area contributed by atoms with Gasteiger partial charge in [-0.05, 0) is 78.8 Å². The van der Waals surface area contributed by atoms with Crippen molar-refractivity contribution in [3.8, 4) is 0 Å². The summed E-state index contributed by atoms with van der Waals surface area (Å²) in [6.07, 6.45) is 6.20. The Hall–Kier alpha value is -0.350. The predicted octanol–water partition coefficient (Wildman–Crippen LogP) is 3.82. The highest BCUT2D eigenvalue weighted by Crippen LogP contribution is 2.43. The highest BCUT2D eigenvalue weighted by molar-refractivity contribution is 9.10. The number of halogens is 1. The van der Waals surface area contributed by atoms with Crippen LogP contribution in [-0.4, -0.2) is 16.3 Å². The molecule has 0 radical (unpaired) electrons. The lowest BCUT2D eigenvalue weighted by Gasteiger charge is -2.41. The molecule has 0 spiro atoms. The third kappa shape index (κ3) is 3.11. The highest BCUT2D eigenvalue weighted by Gasteiger charge is 2.36. The average Bonchev–Trinajstić information content (AvgIpc) is 2.66. The van der Waals surface area contributed by atoms with Crippen molar-refractivity contribution in [2.45, 2.75) is 52.9 Å². The van der Waals surface area contributed by atoms with Crippen LogP contribution in [0.2, 0.25) is 0 Å². The van der Waals surface area contributed by atoms with Crippen LogP contribution in [0.5, 0.6) is 0 Å². The Morgan fingerprint density at radius 3 is 2.40 bits per heavy atom. The molecule has 2 rings (SSSR count). The Bertz CT molecular complexity index is 457. The van der Waals surface area contributed by atoms with E-state index in [1.165, 1.54) is 35.8 Å². The average molecular weight is 342 g/mol. The number of hydrogen-bond acceptors (Lipinski definition) is 2. The van der Waals surface area contributed by atoms with Crippen molar-refractivity contribution in [1.82, 2.24) is 9.78 Å². The number of nitrogens with zero attached hydrogens (tertiary/aromatic N) is 2. The molecule has 0 aromatic carbocycles. The third-order valence-corrected chi connectivity index (χ3v) is 6.30. The third-order valence-electron chi connectivity index (χ3n) is 5.27. The Labute approximate surface area is 131 Å². The van der Waals surface area contributed by atoms with Gasteiger partial charge < -0.3 is 5.73 Å². The van der Waals surface area contributed by atoms with Crippen molar-refractivity contribution < 1.29 is 0 Å². The monoisotopic (exact) mass is 341 g/mol. The summed E-state index contributed by atoms with van der Waals surface area (Å²) in [6, 6.07) is 0. The van der Waals surface area contributed by atoms with Crippen molar-refractivity contribution >= 4 is 15.9 Å². The molecule has 114 valence electrons. The molecular formula is C16H28BrN3. The summed E-state index contributed by atoms with van der Waals surface area (Å²) in [5, 5.41) is 4.51. The molecule has 0 atom stereocenters. The SMILES string of the molecule is Cc1nn(C)c(CC2(CN)CCC(C(C)C)CC2)c1Br. The molecule has 0 bridgehead atoms. The predicted molar refractivity (Wildman–Crippen MR) is 87.6 cm³/mol. The van der Waals surface area contributed by atoms with Crippen LogP contribution in [0.3, 0.4) is 0 Å². The first-order valence-corrected chi connectivity index (χ1v) is 8.56. The van der Waals surface area contributed by atoms with E-state index in [0.29, 0.717) is 0 Å². The van der Waals surface area contributed by atoms with Crippen molar-refractivity contribution in [2.75, 3.05) is 6.54 Å². The number of nitrogens with two attached hydrogens (primary N) is 1. The van der Waals surface area contributed by atoms with Crippen molar-refractivity contribution in [3.63, 3.8) is 0 Å². The Kier molecular flexibility index (Phi) is 4.96. The van der Waals surface area contributed by atoms with Crippen LogP contribution in [0.4, 0.5) is 0 Å². The van der Waals surface area contributed by atoms with Crippen LogP contribution in [0.25, 0.3) is 0 Å². The topological polar surface area (TPSA) is 43.8 Å². The van der Waals surface area contributed by atoms with E-state index < -0.39 is 0 Å². The summed E-state index contributed by atoms with van der Waals surface area (Å²) in [5.74, 6) is 1.68. The van der Waals surface area contributed by atoms with Gasteiger partial charge in [0.1, 0.15) is 0 Å². The molecule has 1 saturated carbocycles. The standard InChI is InChI=1S/C16H28BrN3/c1-11(2)13-5-7-16(10-18,8-6-13)9-14-15(17)12(3)19-20(14)4/h11,13H,5-10,18H2,1-4H3. The van der Waals surface area contributed by atoms with Gasteiger partial charge in [0, 0.05) is 7.05 Å². The molecule has 2 N–H and O–H groups in total. The van der Waals surface area contributed by atoms with E-state index in [4.69, 9.17) is 5.73 Å². The summed E-state index contributed by atoms with van der Waals surface area (Å²) >= 11 is 3.69. The minimum atomic E-state index is 0.272. The Morgan fingerprint density at radius 2 is 2.00 bits per heavy atom. The van der Waals surface area contributed by atoms with Gasteiger partial charge in [0.05, 0.1) is 15.9 Å². The van der Waals surface area contributed by atoms with Crippen LogP contribution in [0.15, 0.2) is 4.47 Å². The van der Waals surface area contributed by atoms with E-state index in [-0.39, 0.29) is 5.41 Å². The molecule has 1 aliphatic rings. The fourth-order valence-electron chi connectivity index (χ4n) is 3.60. The lowest BCUT2D eigenvalue weighted by molar-refractivity contribution is 0.130. The maximum absolute atomic E-state index is 6.17. The second-order valence-corrected chi connectivity index (χ2v) is 7.73. The van der Waals surface area contributed by atoms with Crippen molar-refractivity contribution in [1.29, 1.82) is 0 Å². The molecule has 1 aromatic heterocycles. The van der Waals surface area contributed by atoms with Gasteiger partial charge in [0.15, 0.2) is 0 Å². The molecule has 0 saturated heterocycles. The number of aryl methyl sites for hydroxylation is 2. The van der Waals surface area contributed by atoms with E-state index in [1.807, 2.05) is 11.7 Å². The van der Waals surface area contributed by atoms with Gasteiger partial charge in [-0.1, -0.05) is 13.8 Å². The summed E-state index contributed by atoms with van der Waals surface area (Å²) < 4.78 is 3.18. The van der Waals surface area contributed by atoms with Gasteiger partial charge in [-0.25, -0.2) is 0 Å². The minimum Gasteiger partial charge on any atom is -0.330 e. The fourth-order valence-corrected chi connectivity index (χ4v) is 4.08. The van der Waals surface area contributed by atoms with E-state index >= 15 is 0 Å². The summed E-state index contributed by atoms with van der Waals surface area (Å²) in [5.41, 5.74) is 8.82. The summed E-state index contributed by atoms with van der Waals surface area (Å²) in [4.78, 5) is 0. The van der Waals surface area contributed by atoms with E-state index in [9.17, 15) is 0 Å². The van der Waals surface area contributed by atoms with Gasteiger partial charge in [-0.3, -0.25) is 4.68 Å². The van der Waals surface area contributed by atoms with Crippen LogP contribution >= 0.6 is 15.9 Å². The van der Waals surface area contributed by atoms with Gasteiger partial charge in [-0.15, -0.1) is 0 Å². The first-order chi connectivity index (χ1) is 9.38. The van der Waals surface area contributed by atoms with E-state index in [0.717, 1.165) is 30.5 Å². The van der Waals surface area contributed by atoms with Gasteiger partial charge in [0.2, 0.25) is 0 Å². The smallest absolute Gasteiger partial charge is 0.0738 e. The number of aromatic nitrogens is 2. The molecular weight excluding hydrogens is 314 g/mol. The molecule has 0 unspecified atom stereocenters. The van der Waals surface area contributed by atoms with Crippen molar-refractivity contribution in [3.05, 3.63) is 15.9 Å². The zero-order valence-corrected chi connectivity index (χ0v) is 14.8. The lowest BCUT2D eigenvalue weighted by atomic mass is 9.66. The maximum atomic E-state index is 6.17. The quantitative estimate of drug-likeness (QED) is 0.904. The Balaban J connectivity index is 2.13. The number of rotatable bonds is 4. The summed E-state index contributed by atoms with van der Waals surface area (Å²) in [7, 11) is 2.04. The van der Waals surface area contributed by atoms with E-state index in [1.54, 1.807) is 0 Å². The molecule has 1 aliphatic carbocycles. The summed E-state index contributed by atoms with van der Waals surface area (Å²) in [6.45, 7) is 7.54. The number of hydrogen-bond donors (Lipinski definition) is 1. The van der Waals surface area contributed by atoms with Crippen LogP contribution in [-0.2, 0) is 13.5 Å². The molecule has 1 fully saturated rings. The molecule has 0 aliphatic heterocycles. The van der Waals surface area contributed by atoms with E-state index in [2.05, 4.69) is 41.8 Å². The van der Waals surface area contributed by atoms with Gasteiger partial charge in [0.25, 0.3) is 0 Å².